The number of nitrogen functional groups attached to an aromatic ring is 1. The van der Waals surface area contributed by atoms with E-state index in [9.17, 15) is 5.11 Å². The highest BCUT2D eigenvalue weighted by Gasteiger charge is 2.14. The molecule has 2 rings (SSSR count). The maximum Gasteiger partial charge on any atom is 0.0846 e. The van der Waals surface area contributed by atoms with Gasteiger partial charge in [0, 0.05) is 34.0 Å². The number of benzene rings is 1. The third kappa shape index (κ3) is 3.02. The molecule has 0 saturated carbocycles. The second kappa shape index (κ2) is 5.69. The quantitative estimate of drug-likeness (QED) is 0.909. The van der Waals surface area contributed by atoms with Crippen LogP contribution >= 0.6 is 27.5 Å². The van der Waals surface area contributed by atoms with E-state index in [1.807, 2.05) is 6.07 Å². The van der Waals surface area contributed by atoms with Gasteiger partial charge in [0.15, 0.2) is 0 Å². The number of anilines is 1. The highest BCUT2D eigenvalue weighted by Crippen LogP contribution is 2.29. The molecular weight excluding hydrogens is 316 g/mol. The third-order valence-corrected chi connectivity index (χ3v) is 3.50. The van der Waals surface area contributed by atoms with Gasteiger partial charge in [0.25, 0.3) is 0 Å². The van der Waals surface area contributed by atoms with Gasteiger partial charge in [-0.05, 0) is 29.3 Å². The van der Waals surface area contributed by atoms with Gasteiger partial charge in [-0.15, -0.1) is 0 Å². The molecule has 0 aliphatic rings. The minimum Gasteiger partial charge on any atom is -0.398 e. The van der Waals surface area contributed by atoms with Crippen LogP contribution in [0.15, 0.2) is 41.1 Å². The molecule has 3 N–H and O–H groups in total. The van der Waals surface area contributed by atoms with E-state index >= 15 is 0 Å². The van der Waals surface area contributed by atoms with E-state index in [1.54, 1.807) is 30.6 Å². The fourth-order valence-electron chi connectivity index (χ4n) is 1.70. The number of nitrogens with two attached hydrogens (primary N) is 1. The average Bonchev–Trinajstić information content (AvgIpc) is 2.32. The van der Waals surface area contributed by atoms with Crippen LogP contribution in [0.2, 0.25) is 5.02 Å². The summed E-state index contributed by atoms with van der Waals surface area (Å²) in [4.78, 5) is 4.00. The van der Waals surface area contributed by atoms with Crippen molar-refractivity contribution in [3.63, 3.8) is 0 Å². The normalized spacial score (nSPS) is 12.4. The number of halogens is 2. The largest absolute Gasteiger partial charge is 0.398 e. The van der Waals surface area contributed by atoms with Gasteiger partial charge in [-0.1, -0.05) is 33.6 Å². The van der Waals surface area contributed by atoms with Crippen LogP contribution < -0.4 is 5.73 Å². The Balaban J connectivity index is 2.22. The Morgan fingerprint density at radius 2 is 2.17 bits per heavy atom. The monoisotopic (exact) mass is 326 g/mol. The van der Waals surface area contributed by atoms with Crippen molar-refractivity contribution in [1.82, 2.24) is 4.98 Å². The van der Waals surface area contributed by atoms with E-state index < -0.39 is 6.10 Å². The molecule has 18 heavy (non-hydrogen) atoms. The first-order chi connectivity index (χ1) is 8.58. The minimum absolute atomic E-state index is 0.390. The lowest BCUT2D eigenvalue weighted by Gasteiger charge is -2.14. The standard InChI is InChI=1S/C13H12BrClN2O/c14-9-1-2-10(11(15)6-9)13(18)5-8-7-17-4-3-12(8)16/h1-4,6-7,13,18H,5H2,(H2,16,17). The van der Waals surface area contributed by atoms with Gasteiger partial charge in [-0.25, -0.2) is 0 Å². The van der Waals surface area contributed by atoms with Crippen molar-refractivity contribution in [2.45, 2.75) is 12.5 Å². The molecule has 0 bridgehead atoms. The fraction of sp³-hybridized carbons (Fsp3) is 0.154. The lowest BCUT2D eigenvalue weighted by molar-refractivity contribution is 0.178. The van der Waals surface area contributed by atoms with Crippen molar-refractivity contribution in [2.24, 2.45) is 0 Å². The Hall–Kier alpha value is -1.10. The zero-order chi connectivity index (χ0) is 13.1. The highest BCUT2D eigenvalue weighted by molar-refractivity contribution is 9.10. The molecule has 2 aromatic rings. The van der Waals surface area contributed by atoms with Crippen LogP contribution in [0.5, 0.6) is 0 Å². The van der Waals surface area contributed by atoms with Gasteiger partial charge >= 0.3 is 0 Å². The van der Waals surface area contributed by atoms with Gasteiger partial charge in [0.1, 0.15) is 0 Å². The lowest BCUT2D eigenvalue weighted by atomic mass is 10.0. The van der Waals surface area contributed by atoms with Gasteiger partial charge in [-0.3, -0.25) is 4.98 Å². The van der Waals surface area contributed by atoms with Crippen molar-refractivity contribution in [3.8, 4) is 0 Å². The molecule has 0 spiro atoms. The number of aromatic nitrogens is 1. The minimum atomic E-state index is -0.697. The van der Waals surface area contributed by atoms with Crippen LogP contribution in [-0.2, 0) is 6.42 Å². The smallest absolute Gasteiger partial charge is 0.0846 e. The van der Waals surface area contributed by atoms with Crippen LogP contribution in [0.25, 0.3) is 0 Å². The van der Waals surface area contributed by atoms with Crippen LogP contribution in [0, 0.1) is 0 Å². The lowest BCUT2D eigenvalue weighted by Crippen LogP contribution is -2.05. The molecule has 94 valence electrons. The summed E-state index contributed by atoms with van der Waals surface area (Å²) in [7, 11) is 0. The second-order valence-corrected chi connectivity index (χ2v) is 5.28. The fourth-order valence-corrected chi connectivity index (χ4v) is 2.50. The van der Waals surface area contributed by atoms with E-state index in [0.717, 1.165) is 10.0 Å². The van der Waals surface area contributed by atoms with Crippen LogP contribution in [0.4, 0.5) is 5.69 Å². The van der Waals surface area contributed by atoms with Crippen LogP contribution in [-0.4, -0.2) is 10.1 Å². The number of hydrogen-bond acceptors (Lipinski definition) is 3. The van der Waals surface area contributed by atoms with E-state index in [4.69, 9.17) is 17.3 Å². The number of hydrogen-bond donors (Lipinski definition) is 2. The highest BCUT2D eigenvalue weighted by atomic mass is 79.9. The molecule has 1 atom stereocenters. The predicted molar refractivity (Wildman–Crippen MR) is 76.5 cm³/mol. The van der Waals surface area contributed by atoms with E-state index in [-0.39, 0.29) is 0 Å². The first kappa shape index (κ1) is 13.3. The van der Waals surface area contributed by atoms with Crippen molar-refractivity contribution >= 4 is 33.2 Å². The third-order valence-electron chi connectivity index (χ3n) is 2.68. The molecule has 1 aromatic heterocycles. The summed E-state index contributed by atoms with van der Waals surface area (Å²) >= 11 is 9.42. The summed E-state index contributed by atoms with van der Waals surface area (Å²) < 4.78 is 0.879. The van der Waals surface area contributed by atoms with Gasteiger partial charge in [0.2, 0.25) is 0 Å². The zero-order valence-electron chi connectivity index (χ0n) is 9.48. The first-order valence-corrected chi connectivity index (χ1v) is 6.56. The summed E-state index contributed by atoms with van der Waals surface area (Å²) in [5, 5.41) is 10.7. The Labute approximate surface area is 119 Å². The first-order valence-electron chi connectivity index (χ1n) is 5.39. The Morgan fingerprint density at radius 3 is 2.83 bits per heavy atom. The molecular formula is C13H12BrClN2O. The molecule has 0 amide bonds. The summed E-state index contributed by atoms with van der Waals surface area (Å²) in [6.45, 7) is 0. The van der Waals surface area contributed by atoms with Crippen LogP contribution in [0.1, 0.15) is 17.2 Å². The van der Waals surface area contributed by atoms with E-state index in [1.165, 1.54) is 0 Å². The van der Waals surface area contributed by atoms with Crippen LogP contribution in [0.3, 0.4) is 0 Å². The summed E-state index contributed by atoms with van der Waals surface area (Å²) in [6, 6.07) is 7.11. The number of nitrogens with zero attached hydrogens (tertiary/aromatic N) is 1. The molecule has 1 heterocycles. The molecule has 1 unspecified atom stereocenters. The summed E-state index contributed by atoms with van der Waals surface area (Å²) in [5.74, 6) is 0. The zero-order valence-corrected chi connectivity index (χ0v) is 11.8. The Kier molecular flexibility index (Phi) is 4.22. The van der Waals surface area contributed by atoms with Crippen molar-refractivity contribution in [2.75, 3.05) is 5.73 Å². The predicted octanol–water partition coefficient (Wildman–Crippen LogP) is 3.36. The number of pyridine rings is 1. The SMILES string of the molecule is Nc1ccncc1CC(O)c1ccc(Br)cc1Cl. The van der Waals surface area contributed by atoms with Crippen molar-refractivity contribution in [1.29, 1.82) is 0 Å². The van der Waals surface area contributed by atoms with E-state index in [0.29, 0.717) is 22.7 Å². The topological polar surface area (TPSA) is 59.1 Å². The maximum absolute atomic E-state index is 10.2. The number of rotatable bonds is 3. The molecule has 3 nitrogen and oxygen atoms in total. The molecule has 0 fully saturated rings. The van der Waals surface area contributed by atoms with Gasteiger partial charge < -0.3 is 10.8 Å². The molecule has 5 heteroatoms. The summed E-state index contributed by atoms with van der Waals surface area (Å²) in [5.41, 5.74) is 7.93. The molecule has 0 aliphatic carbocycles. The number of aliphatic hydroxyl groups is 1. The molecule has 0 radical (unpaired) electrons. The molecule has 0 saturated heterocycles. The Bertz CT molecular complexity index is 562. The molecule has 1 aromatic carbocycles. The summed E-state index contributed by atoms with van der Waals surface area (Å²) in [6.07, 6.45) is 2.97. The maximum atomic E-state index is 10.2. The van der Waals surface area contributed by atoms with Crippen molar-refractivity contribution in [3.05, 3.63) is 57.3 Å². The van der Waals surface area contributed by atoms with Crippen molar-refractivity contribution < 1.29 is 5.11 Å². The second-order valence-electron chi connectivity index (χ2n) is 3.96. The molecule has 0 aliphatic heterocycles. The Morgan fingerprint density at radius 1 is 1.39 bits per heavy atom. The number of aliphatic hydroxyl groups excluding tert-OH is 1. The van der Waals surface area contributed by atoms with E-state index in [2.05, 4.69) is 20.9 Å². The van der Waals surface area contributed by atoms with Gasteiger partial charge in [-0.2, -0.15) is 0 Å². The van der Waals surface area contributed by atoms with Gasteiger partial charge in [0.05, 0.1) is 6.10 Å². The average molecular weight is 328 g/mol.